The molecule has 0 heterocycles. The van der Waals surface area contributed by atoms with Crippen molar-refractivity contribution in [3.8, 4) is 5.75 Å². The molecular weight excluding hydrogens is 198 g/mol. The van der Waals surface area contributed by atoms with Gasteiger partial charge in [-0.25, -0.2) is 0 Å². The minimum absolute atomic E-state index is 0.569. The molecule has 0 spiro atoms. The molecule has 1 saturated carbocycles. The molecule has 1 aliphatic carbocycles. The molecule has 1 N–H and O–H groups in total. The molecule has 1 aromatic rings. The van der Waals surface area contributed by atoms with Crippen molar-refractivity contribution in [1.82, 2.24) is 5.32 Å². The number of nitrogens with one attached hydrogen (secondary N) is 1. The molecule has 1 aliphatic rings. The highest BCUT2D eigenvalue weighted by molar-refractivity contribution is 5.27. The first-order valence-corrected chi connectivity index (χ1v) is 5.92. The van der Waals surface area contributed by atoms with Crippen molar-refractivity contribution in [2.45, 2.75) is 19.4 Å². The Labute approximate surface area is 97.3 Å². The van der Waals surface area contributed by atoms with Gasteiger partial charge in [-0.05, 0) is 43.0 Å². The first-order chi connectivity index (χ1) is 7.88. The second-order valence-corrected chi connectivity index (χ2v) is 4.32. The zero-order valence-electron chi connectivity index (χ0n) is 9.61. The maximum Gasteiger partial charge on any atom is 0.119 e. The van der Waals surface area contributed by atoms with Crippen LogP contribution in [0.5, 0.6) is 5.75 Å². The van der Waals surface area contributed by atoms with Crippen LogP contribution >= 0.6 is 0 Å². The lowest BCUT2D eigenvalue weighted by molar-refractivity contribution is 0.363. The zero-order chi connectivity index (χ0) is 11.2. The summed E-state index contributed by atoms with van der Waals surface area (Å²) >= 11 is 0. The van der Waals surface area contributed by atoms with E-state index in [9.17, 15) is 0 Å². The normalized spacial score (nSPS) is 14.8. The monoisotopic (exact) mass is 217 g/mol. The van der Waals surface area contributed by atoms with Crippen molar-refractivity contribution in [1.29, 1.82) is 0 Å². The molecule has 0 aromatic heterocycles. The average molecular weight is 217 g/mol. The first kappa shape index (κ1) is 11.2. The summed E-state index contributed by atoms with van der Waals surface area (Å²) in [5.41, 5.74) is 1.31. The molecule has 0 saturated heterocycles. The van der Waals surface area contributed by atoms with Gasteiger partial charge >= 0.3 is 0 Å². The fourth-order valence-electron chi connectivity index (χ4n) is 1.60. The lowest BCUT2D eigenvalue weighted by Gasteiger charge is -2.06. The van der Waals surface area contributed by atoms with Gasteiger partial charge in [0.15, 0.2) is 0 Å². The molecule has 2 nitrogen and oxygen atoms in total. The maximum atomic E-state index is 5.42. The summed E-state index contributed by atoms with van der Waals surface area (Å²) in [6.45, 7) is 6.31. The molecule has 86 valence electrons. The topological polar surface area (TPSA) is 21.3 Å². The third-order valence-corrected chi connectivity index (χ3v) is 2.75. The Balaban J connectivity index is 1.74. The van der Waals surface area contributed by atoms with E-state index in [4.69, 9.17) is 4.74 Å². The summed E-state index contributed by atoms with van der Waals surface area (Å²) < 4.78 is 5.42. The van der Waals surface area contributed by atoms with Crippen LogP contribution in [0.15, 0.2) is 36.9 Å². The predicted molar refractivity (Wildman–Crippen MR) is 66.6 cm³/mol. The summed E-state index contributed by atoms with van der Waals surface area (Å²) in [6.07, 6.45) is 4.56. The molecule has 0 aliphatic heterocycles. The van der Waals surface area contributed by atoms with Crippen LogP contribution in [0.1, 0.15) is 18.4 Å². The minimum atomic E-state index is 0.569. The molecular formula is C14H19NO. The van der Waals surface area contributed by atoms with Gasteiger partial charge in [0.2, 0.25) is 0 Å². The third kappa shape index (κ3) is 3.70. The van der Waals surface area contributed by atoms with Gasteiger partial charge in [0.05, 0.1) is 0 Å². The Bertz CT molecular complexity index is 327. The molecule has 0 radical (unpaired) electrons. The van der Waals surface area contributed by atoms with Gasteiger partial charge in [-0.3, -0.25) is 0 Å². The second kappa shape index (κ2) is 5.71. The van der Waals surface area contributed by atoms with E-state index in [0.29, 0.717) is 6.61 Å². The number of hydrogen-bond acceptors (Lipinski definition) is 2. The van der Waals surface area contributed by atoms with Crippen molar-refractivity contribution in [3.63, 3.8) is 0 Å². The van der Waals surface area contributed by atoms with Gasteiger partial charge in [0.1, 0.15) is 12.4 Å². The Hall–Kier alpha value is -1.28. The summed E-state index contributed by atoms with van der Waals surface area (Å²) in [6, 6.07) is 8.24. The van der Waals surface area contributed by atoms with Gasteiger partial charge in [-0.2, -0.15) is 0 Å². The van der Waals surface area contributed by atoms with Gasteiger partial charge < -0.3 is 10.1 Å². The minimum Gasteiger partial charge on any atom is -0.490 e. The van der Waals surface area contributed by atoms with Crippen LogP contribution in [0.25, 0.3) is 0 Å². The molecule has 16 heavy (non-hydrogen) atoms. The number of ether oxygens (including phenoxy) is 1. The van der Waals surface area contributed by atoms with E-state index in [1.807, 2.05) is 12.1 Å². The van der Waals surface area contributed by atoms with Crippen LogP contribution in [0.4, 0.5) is 0 Å². The lowest BCUT2D eigenvalue weighted by atomic mass is 10.2. The fourth-order valence-corrected chi connectivity index (χ4v) is 1.60. The van der Waals surface area contributed by atoms with Crippen molar-refractivity contribution >= 4 is 0 Å². The van der Waals surface area contributed by atoms with Crippen molar-refractivity contribution in [2.24, 2.45) is 5.92 Å². The standard InChI is InChI=1S/C14H19NO/c1-2-9-16-14-7-5-13(6-8-14)11-15-10-12-3-4-12/h2,5-8,12,15H,1,3-4,9-11H2. The summed E-state index contributed by atoms with van der Waals surface area (Å²) in [4.78, 5) is 0. The quantitative estimate of drug-likeness (QED) is 0.709. The van der Waals surface area contributed by atoms with Crippen LogP contribution in [-0.2, 0) is 6.54 Å². The highest BCUT2D eigenvalue weighted by Gasteiger charge is 2.19. The molecule has 2 heteroatoms. The summed E-state index contributed by atoms with van der Waals surface area (Å²) in [5.74, 6) is 1.85. The van der Waals surface area contributed by atoms with Crippen molar-refractivity contribution < 1.29 is 4.74 Å². The number of hydrogen-bond donors (Lipinski definition) is 1. The molecule has 0 amide bonds. The highest BCUT2D eigenvalue weighted by Crippen LogP contribution is 2.27. The van der Waals surface area contributed by atoms with E-state index in [0.717, 1.165) is 24.8 Å². The second-order valence-electron chi connectivity index (χ2n) is 4.32. The Morgan fingerprint density at radius 3 is 2.69 bits per heavy atom. The number of benzene rings is 1. The van der Waals surface area contributed by atoms with Crippen molar-refractivity contribution in [2.75, 3.05) is 13.2 Å². The van der Waals surface area contributed by atoms with Gasteiger partial charge in [0, 0.05) is 6.54 Å². The Morgan fingerprint density at radius 1 is 1.31 bits per heavy atom. The Kier molecular flexibility index (Phi) is 4.00. The van der Waals surface area contributed by atoms with E-state index in [1.54, 1.807) is 6.08 Å². The zero-order valence-corrected chi connectivity index (χ0v) is 9.61. The van der Waals surface area contributed by atoms with E-state index in [2.05, 4.69) is 24.0 Å². The SMILES string of the molecule is C=CCOc1ccc(CNCC2CC2)cc1. The molecule has 0 unspecified atom stereocenters. The van der Waals surface area contributed by atoms with Gasteiger partial charge in [-0.1, -0.05) is 24.8 Å². The summed E-state index contributed by atoms with van der Waals surface area (Å²) in [7, 11) is 0. The molecule has 0 bridgehead atoms. The predicted octanol–water partition coefficient (Wildman–Crippen LogP) is 2.75. The van der Waals surface area contributed by atoms with Crippen molar-refractivity contribution in [3.05, 3.63) is 42.5 Å². The smallest absolute Gasteiger partial charge is 0.119 e. The van der Waals surface area contributed by atoms with Gasteiger partial charge in [0.25, 0.3) is 0 Å². The maximum absolute atomic E-state index is 5.42. The highest BCUT2D eigenvalue weighted by atomic mass is 16.5. The largest absolute Gasteiger partial charge is 0.490 e. The average Bonchev–Trinajstić information content (AvgIpc) is 3.12. The first-order valence-electron chi connectivity index (χ1n) is 5.92. The van der Waals surface area contributed by atoms with Gasteiger partial charge in [-0.15, -0.1) is 0 Å². The number of rotatable bonds is 7. The van der Waals surface area contributed by atoms with Crippen LogP contribution in [0.3, 0.4) is 0 Å². The van der Waals surface area contributed by atoms with E-state index < -0.39 is 0 Å². The van der Waals surface area contributed by atoms with E-state index in [1.165, 1.54) is 18.4 Å². The fraction of sp³-hybridized carbons (Fsp3) is 0.429. The lowest BCUT2D eigenvalue weighted by Crippen LogP contribution is -2.15. The van der Waals surface area contributed by atoms with E-state index in [-0.39, 0.29) is 0 Å². The van der Waals surface area contributed by atoms with Crippen LogP contribution in [-0.4, -0.2) is 13.2 Å². The third-order valence-electron chi connectivity index (χ3n) is 2.75. The Morgan fingerprint density at radius 2 is 2.06 bits per heavy atom. The van der Waals surface area contributed by atoms with Crippen LogP contribution < -0.4 is 10.1 Å². The van der Waals surface area contributed by atoms with Crippen LogP contribution in [0, 0.1) is 5.92 Å². The molecule has 0 atom stereocenters. The molecule has 1 fully saturated rings. The van der Waals surface area contributed by atoms with Crippen LogP contribution in [0.2, 0.25) is 0 Å². The summed E-state index contributed by atoms with van der Waals surface area (Å²) in [5, 5.41) is 3.47. The molecule has 2 rings (SSSR count). The van der Waals surface area contributed by atoms with E-state index >= 15 is 0 Å². The molecule has 1 aromatic carbocycles.